The summed E-state index contributed by atoms with van der Waals surface area (Å²) < 4.78 is 26.2. The van der Waals surface area contributed by atoms with E-state index < -0.39 is 11.6 Å². The van der Waals surface area contributed by atoms with Gasteiger partial charge < -0.3 is 11.1 Å². The number of guanidine groups is 1. The quantitative estimate of drug-likeness (QED) is 0.658. The van der Waals surface area contributed by atoms with Crippen LogP contribution in [0.4, 0.5) is 8.78 Å². The van der Waals surface area contributed by atoms with E-state index in [1.165, 1.54) is 31.4 Å². The molecule has 1 aliphatic carbocycles. The van der Waals surface area contributed by atoms with Gasteiger partial charge >= 0.3 is 0 Å². The Labute approximate surface area is 118 Å². The Kier molecular flexibility index (Phi) is 5.32. The van der Waals surface area contributed by atoms with E-state index in [4.69, 9.17) is 5.73 Å². The van der Waals surface area contributed by atoms with Crippen molar-refractivity contribution in [3.05, 3.63) is 35.4 Å². The molecule has 20 heavy (non-hydrogen) atoms. The summed E-state index contributed by atoms with van der Waals surface area (Å²) in [4.78, 5) is 4.20. The summed E-state index contributed by atoms with van der Waals surface area (Å²) in [6.07, 6.45) is 6.42. The third-order valence-corrected chi connectivity index (χ3v) is 3.64. The number of aliphatic imine (C=N–C) groups is 1. The van der Waals surface area contributed by atoms with Crippen LogP contribution in [0, 0.1) is 11.6 Å². The van der Waals surface area contributed by atoms with Gasteiger partial charge in [0.15, 0.2) is 5.96 Å². The Hall–Kier alpha value is -1.65. The maximum Gasteiger partial charge on any atom is 0.188 e. The van der Waals surface area contributed by atoms with E-state index >= 15 is 0 Å². The van der Waals surface area contributed by atoms with Crippen LogP contribution in [-0.2, 0) is 6.42 Å². The zero-order chi connectivity index (χ0) is 14.4. The molecule has 0 radical (unpaired) electrons. The van der Waals surface area contributed by atoms with Gasteiger partial charge in [-0.15, -0.1) is 0 Å². The van der Waals surface area contributed by atoms with Crippen LogP contribution in [0.15, 0.2) is 23.2 Å². The molecule has 1 fully saturated rings. The van der Waals surface area contributed by atoms with Crippen LogP contribution < -0.4 is 11.1 Å². The summed E-state index contributed by atoms with van der Waals surface area (Å²) in [5.74, 6) is -0.674. The SMILES string of the molecule is NC(=NCCc1ccc(F)cc1F)NC1CCCCC1. The molecule has 0 spiro atoms. The fourth-order valence-electron chi connectivity index (χ4n) is 2.52. The second-order valence-electron chi connectivity index (χ2n) is 5.23. The van der Waals surface area contributed by atoms with Crippen LogP contribution >= 0.6 is 0 Å². The number of benzene rings is 1. The van der Waals surface area contributed by atoms with Gasteiger partial charge in [-0.2, -0.15) is 0 Å². The zero-order valence-corrected chi connectivity index (χ0v) is 11.5. The number of hydrogen-bond donors (Lipinski definition) is 2. The second kappa shape index (κ2) is 7.22. The average molecular weight is 281 g/mol. The summed E-state index contributed by atoms with van der Waals surface area (Å²) in [6.45, 7) is 0.397. The Morgan fingerprint density at radius 1 is 1.25 bits per heavy atom. The number of rotatable bonds is 4. The summed E-state index contributed by atoms with van der Waals surface area (Å²) in [6, 6.07) is 4.01. The molecule has 0 saturated heterocycles. The molecule has 0 aliphatic heterocycles. The highest BCUT2D eigenvalue weighted by molar-refractivity contribution is 5.78. The molecule has 0 atom stereocenters. The molecule has 0 amide bonds. The van der Waals surface area contributed by atoms with E-state index in [0.29, 0.717) is 30.5 Å². The molecule has 5 heteroatoms. The maximum atomic E-state index is 13.4. The maximum absolute atomic E-state index is 13.4. The molecule has 1 saturated carbocycles. The molecule has 2 rings (SSSR count). The first-order valence-corrected chi connectivity index (χ1v) is 7.15. The Bertz CT molecular complexity index is 468. The van der Waals surface area contributed by atoms with Crippen molar-refractivity contribution in [2.24, 2.45) is 10.7 Å². The second-order valence-corrected chi connectivity index (χ2v) is 5.23. The highest BCUT2D eigenvalue weighted by Crippen LogP contribution is 2.17. The smallest absolute Gasteiger partial charge is 0.188 e. The van der Waals surface area contributed by atoms with Gasteiger partial charge in [0.1, 0.15) is 11.6 Å². The topological polar surface area (TPSA) is 50.4 Å². The predicted octanol–water partition coefficient (Wildman–Crippen LogP) is 2.74. The lowest BCUT2D eigenvalue weighted by Crippen LogP contribution is -2.41. The average Bonchev–Trinajstić information content (AvgIpc) is 2.42. The van der Waals surface area contributed by atoms with Gasteiger partial charge in [0.05, 0.1) is 0 Å². The van der Waals surface area contributed by atoms with Crippen molar-refractivity contribution in [1.82, 2.24) is 5.32 Å². The van der Waals surface area contributed by atoms with Crippen LogP contribution in [0.25, 0.3) is 0 Å². The number of halogens is 2. The van der Waals surface area contributed by atoms with Crippen LogP contribution in [0.2, 0.25) is 0 Å². The Morgan fingerprint density at radius 3 is 2.70 bits per heavy atom. The van der Waals surface area contributed by atoms with Crippen LogP contribution in [0.1, 0.15) is 37.7 Å². The van der Waals surface area contributed by atoms with Crippen molar-refractivity contribution in [2.75, 3.05) is 6.54 Å². The molecule has 0 unspecified atom stereocenters. The normalized spacial score (nSPS) is 17.2. The lowest BCUT2D eigenvalue weighted by Gasteiger charge is -2.23. The van der Waals surface area contributed by atoms with Crippen molar-refractivity contribution in [2.45, 2.75) is 44.6 Å². The first kappa shape index (κ1) is 14.8. The summed E-state index contributed by atoms with van der Waals surface area (Å²) in [7, 11) is 0. The van der Waals surface area contributed by atoms with E-state index in [-0.39, 0.29) is 0 Å². The van der Waals surface area contributed by atoms with E-state index in [9.17, 15) is 8.78 Å². The largest absolute Gasteiger partial charge is 0.370 e. The highest BCUT2D eigenvalue weighted by Gasteiger charge is 2.13. The minimum Gasteiger partial charge on any atom is -0.370 e. The van der Waals surface area contributed by atoms with E-state index in [2.05, 4.69) is 10.3 Å². The fourth-order valence-corrected chi connectivity index (χ4v) is 2.52. The zero-order valence-electron chi connectivity index (χ0n) is 11.5. The van der Waals surface area contributed by atoms with E-state index in [1.807, 2.05) is 0 Å². The van der Waals surface area contributed by atoms with Crippen LogP contribution in [0.5, 0.6) is 0 Å². The summed E-state index contributed by atoms with van der Waals surface area (Å²) in [5.41, 5.74) is 6.27. The lowest BCUT2D eigenvalue weighted by atomic mass is 9.96. The lowest BCUT2D eigenvalue weighted by molar-refractivity contribution is 0.412. The predicted molar refractivity (Wildman–Crippen MR) is 76.6 cm³/mol. The summed E-state index contributed by atoms with van der Waals surface area (Å²) >= 11 is 0. The van der Waals surface area contributed by atoms with E-state index in [1.54, 1.807) is 0 Å². The highest BCUT2D eigenvalue weighted by atomic mass is 19.1. The number of hydrogen-bond acceptors (Lipinski definition) is 1. The van der Waals surface area contributed by atoms with Crippen molar-refractivity contribution in [1.29, 1.82) is 0 Å². The van der Waals surface area contributed by atoms with Crippen molar-refractivity contribution < 1.29 is 8.78 Å². The fraction of sp³-hybridized carbons (Fsp3) is 0.533. The molecular formula is C15H21F2N3. The standard InChI is InChI=1S/C15H21F2N3/c16-12-7-6-11(14(17)10-12)8-9-19-15(18)20-13-4-2-1-3-5-13/h6-7,10,13H,1-5,8-9H2,(H3,18,19,20). The number of nitrogens with zero attached hydrogens (tertiary/aromatic N) is 1. The van der Waals surface area contributed by atoms with Gasteiger partial charge in [0.2, 0.25) is 0 Å². The van der Waals surface area contributed by atoms with Gasteiger partial charge in [-0.25, -0.2) is 8.78 Å². The first-order valence-electron chi connectivity index (χ1n) is 7.15. The minimum absolute atomic E-state index is 0.397. The van der Waals surface area contributed by atoms with Gasteiger partial charge in [-0.05, 0) is 30.9 Å². The number of nitrogens with one attached hydrogen (secondary N) is 1. The van der Waals surface area contributed by atoms with Gasteiger partial charge in [-0.1, -0.05) is 25.3 Å². The Morgan fingerprint density at radius 2 is 2.00 bits per heavy atom. The molecule has 110 valence electrons. The molecule has 1 aliphatic rings. The minimum atomic E-state index is -0.562. The Balaban J connectivity index is 1.79. The summed E-state index contributed by atoms with van der Waals surface area (Å²) in [5, 5.41) is 3.20. The molecular weight excluding hydrogens is 260 g/mol. The van der Waals surface area contributed by atoms with Gasteiger partial charge in [0, 0.05) is 18.7 Å². The molecule has 3 N–H and O–H groups in total. The monoisotopic (exact) mass is 281 g/mol. The molecule has 3 nitrogen and oxygen atoms in total. The molecule has 1 aromatic carbocycles. The van der Waals surface area contributed by atoms with Gasteiger partial charge in [0.25, 0.3) is 0 Å². The molecule has 0 aromatic heterocycles. The third kappa shape index (κ3) is 4.47. The van der Waals surface area contributed by atoms with Gasteiger partial charge in [-0.3, -0.25) is 4.99 Å². The third-order valence-electron chi connectivity index (χ3n) is 3.64. The first-order chi connectivity index (χ1) is 9.65. The molecule has 1 aromatic rings. The van der Waals surface area contributed by atoms with Crippen molar-refractivity contribution >= 4 is 5.96 Å². The van der Waals surface area contributed by atoms with Crippen LogP contribution in [0.3, 0.4) is 0 Å². The van der Waals surface area contributed by atoms with Crippen molar-refractivity contribution in [3.8, 4) is 0 Å². The molecule has 0 heterocycles. The van der Waals surface area contributed by atoms with E-state index in [0.717, 1.165) is 18.9 Å². The van der Waals surface area contributed by atoms with Crippen LogP contribution in [-0.4, -0.2) is 18.5 Å². The molecule has 0 bridgehead atoms. The number of nitrogens with two attached hydrogens (primary N) is 1. The van der Waals surface area contributed by atoms with Crippen molar-refractivity contribution in [3.63, 3.8) is 0 Å².